The standard InChI is InChI=1S/C21H18F3N3O/c22-16-6-2-5-13(19(16)23)11-28-21-14(12-3-1-4-12)7-8-15(20(21)24)17-9-27-18(25)10-26-17/h2,5-10,12H,1,3-4,11H2,(H2,25,27). The second-order valence-electron chi connectivity index (χ2n) is 6.80. The van der Waals surface area contributed by atoms with Crippen LogP contribution in [-0.2, 0) is 6.61 Å². The van der Waals surface area contributed by atoms with Crippen molar-refractivity contribution in [3.8, 4) is 17.0 Å². The Morgan fingerprint density at radius 3 is 2.50 bits per heavy atom. The van der Waals surface area contributed by atoms with E-state index >= 15 is 4.39 Å². The lowest BCUT2D eigenvalue weighted by Gasteiger charge is -2.28. The Morgan fingerprint density at radius 1 is 1.00 bits per heavy atom. The van der Waals surface area contributed by atoms with Gasteiger partial charge in [0.25, 0.3) is 0 Å². The predicted octanol–water partition coefficient (Wildman–Crippen LogP) is 4.99. The van der Waals surface area contributed by atoms with Crippen molar-refractivity contribution in [2.24, 2.45) is 0 Å². The molecule has 1 fully saturated rings. The van der Waals surface area contributed by atoms with E-state index in [1.165, 1.54) is 24.5 Å². The number of anilines is 1. The molecule has 0 saturated heterocycles. The molecule has 1 heterocycles. The first kappa shape index (κ1) is 18.3. The van der Waals surface area contributed by atoms with E-state index in [0.29, 0.717) is 5.69 Å². The van der Waals surface area contributed by atoms with E-state index in [0.717, 1.165) is 30.9 Å². The molecule has 4 nitrogen and oxygen atoms in total. The number of nitrogens with two attached hydrogens (primary N) is 1. The first-order valence-electron chi connectivity index (χ1n) is 9.00. The Labute approximate surface area is 160 Å². The zero-order chi connectivity index (χ0) is 19.7. The molecule has 1 aliphatic rings. The van der Waals surface area contributed by atoms with E-state index in [9.17, 15) is 8.78 Å². The van der Waals surface area contributed by atoms with E-state index in [1.807, 2.05) is 0 Å². The highest BCUT2D eigenvalue weighted by molar-refractivity contribution is 5.64. The molecule has 0 amide bonds. The van der Waals surface area contributed by atoms with Gasteiger partial charge in [-0.15, -0.1) is 0 Å². The van der Waals surface area contributed by atoms with Gasteiger partial charge in [-0.25, -0.2) is 18.2 Å². The number of nitrogen functional groups attached to an aromatic ring is 1. The third-order valence-corrected chi connectivity index (χ3v) is 5.02. The fourth-order valence-electron chi connectivity index (χ4n) is 3.24. The molecule has 0 spiro atoms. The Bertz CT molecular complexity index is 1000. The van der Waals surface area contributed by atoms with Crippen molar-refractivity contribution in [1.29, 1.82) is 0 Å². The van der Waals surface area contributed by atoms with Crippen LogP contribution in [0.1, 0.15) is 36.3 Å². The summed E-state index contributed by atoms with van der Waals surface area (Å²) in [4.78, 5) is 8.05. The maximum absolute atomic E-state index is 15.3. The largest absolute Gasteiger partial charge is 0.485 e. The average Bonchev–Trinajstić information content (AvgIpc) is 2.64. The summed E-state index contributed by atoms with van der Waals surface area (Å²) in [6, 6.07) is 7.27. The van der Waals surface area contributed by atoms with E-state index < -0.39 is 17.5 Å². The van der Waals surface area contributed by atoms with Crippen LogP contribution >= 0.6 is 0 Å². The minimum absolute atomic E-state index is 0.0247. The fourth-order valence-corrected chi connectivity index (χ4v) is 3.24. The van der Waals surface area contributed by atoms with Crippen LogP contribution in [0.15, 0.2) is 42.7 Å². The van der Waals surface area contributed by atoms with Gasteiger partial charge >= 0.3 is 0 Å². The quantitative estimate of drug-likeness (QED) is 0.672. The Balaban J connectivity index is 1.71. The van der Waals surface area contributed by atoms with Gasteiger partial charge in [0.2, 0.25) is 0 Å². The van der Waals surface area contributed by atoms with Crippen molar-refractivity contribution in [2.75, 3.05) is 5.73 Å². The van der Waals surface area contributed by atoms with Gasteiger partial charge in [-0.05, 0) is 30.9 Å². The van der Waals surface area contributed by atoms with Gasteiger partial charge in [0.05, 0.1) is 18.1 Å². The van der Waals surface area contributed by atoms with Crippen LogP contribution < -0.4 is 10.5 Å². The number of benzene rings is 2. The second-order valence-corrected chi connectivity index (χ2v) is 6.80. The second kappa shape index (κ2) is 7.50. The van der Waals surface area contributed by atoms with Crippen LogP contribution in [0.3, 0.4) is 0 Å². The normalized spacial score (nSPS) is 14.0. The van der Waals surface area contributed by atoms with Crippen LogP contribution in [0.25, 0.3) is 11.3 Å². The van der Waals surface area contributed by atoms with Gasteiger partial charge in [-0.1, -0.05) is 24.6 Å². The Hall–Kier alpha value is -3.09. The van der Waals surface area contributed by atoms with Crippen molar-refractivity contribution in [3.05, 3.63) is 71.3 Å². The van der Waals surface area contributed by atoms with E-state index in [2.05, 4.69) is 9.97 Å². The molecule has 2 aromatic carbocycles. The summed E-state index contributed by atoms with van der Waals surface area (Å²) in [6.07, 6.45) is 5.66. The van der Waals surface area contributed by atoms with Crippen LogP contribution in [-0.4, -0.2) is 9.97 Å². The Morgan fingerprint density at radius 2 is 1.82 bits per heavy atom. The highest BCUT2D eigenvalue weighted by Crippen LogP contribution is 2.44. The van der Waals surface area contributed by atoms with E-state index in [1.54, 1.807) is 12.1 Å². The summed E-state index contributed by atoms with van der Waals surface area (Å²) >= 11 is 0. The molecule has 0 unspecified atom stereocenters. The van der Waals surface area contributed by atoms with Crippen LogP contribution in [0.4, 0.5) is 19.0 Å². The van der Waals surface area contributed by atoms with E-state index in [-0.39, 0.29) is 35.2 Å². The molecule has 4 rings (SSSR count). The summed E-state index contributed by atoms with van der Waals surface area (Å²) in [7, 11) is 0. The molecule has 0 aliphatic heterocycles. The molecule has 0 radical (unpaired) electrons. The lowest BCUT2D eigenvalue weighted by Crippen LogP contribution is -2.13. The number of rotatable bonds is 5. The molecular weight excluding hydrogens is 367 g/mol. The van der Waals surface area contributed by atoms with Gasteiger partial charge in [0.15, 0.2) is 23.2 Å². The SMILES string of the molecule is Nc1cnc(-c2ccc(C3CCC3)c(OCc3cccc(F)c3F)c2F)cn1. The van der Waals surface area contributed by atoms with Gasteiger partial charge < -0.3 is 10.5 Å². The number of hydrogen-bond donors (Lipinski definition) is 1. The summed E-state index contributed by atoms with van der Waals surface area (Å²) < 4.78 is 48.4. The maximum atomic E-state index is 15.3. The van der Waals surface area contributed by atoms with Gasteiger partial charge in [0, 0.05) is 16.7 Å². The van der Waals surface area contributed by atoms with Gasteiger partial charge in [-0.2, -0.15) is 0 Å². The number of halogens is 3. The van der Waals surface area contributed by atoms with Gasteiger partial charge in [0.1, 0.15) is 12.4 Å². The molecule has 0 bridgehead atoms. The third kappa shape index (κ3) is 3.40. The first-order chi connectivity index (χ1) is 13.5. The summed E-state index contributed by atoms with van der Waals surface area (Å²) in [5.74, 6) is -2.09. The molecular formula is C21H18F3N3O. The van der Waals surface area contributed by atoms with Crippen molar-refractivity contribution >= 4 is 5.82 Å². The highest BCUT2D eigenvalue weighted by atomic mass is 19.2. The predicted molar refractivity (Wildman–Crippen MR) is 99.1 cm³/mol. The molecule has 144 valence electrons. The average molecular weight is 385 g/mol. The van der Waals surface area contributed by atoms with Crippen molar-refractivity contribution in [3.63, 3.8) is 0 Å². The minimum atomic E-state index is -0.992. The molecule has 1 aromatic heterocycles. The third-order valence-electron chi connectivity index (χ3n) is 5.02. The first-order valence-corrected chi connectivity index (χ1v) is 9.00. The molecule has 0 atom stereocenters. The summed E-state index contributed by atoms with van der Waals surface area (Å²) in [6.45, 7) is -0.281. The molecule has 2 N–H and O–H groups in total. The maximum Gasteiger partial charge on any atom is 0.174 e. The van der Waals surface area contributed by atoms with Crippen LogP contribution in [0, 0.1) is 17.5 Å². The lowest BCUT2D eigenvalue weighted by atomic mass is 9.79. The monoisotopic (exact) mass is 385 g/mol. The number of hydrogen-bond acceptors (Lipinski definition) is 4. The van der Waals surface area contributed by atoms with Crippen molar-refractivity contribution in [1.82, 2.24) is 9.97 Å². The van der Waals surface area contributed by atoms with Crippen molar-refractivity contribution < 1.29 is 17.9 Å². The molecule has 1 saturated carbocycles. The topological polar surface area (TPSA) is 61.0 Å². The summed E-state index contributed by atoms with van der Waals surface area (Å²) in [5, 5.41) is 0. The zero-order valence-corrected chi connectivity index (χ0v) is 15.0. The van der Waals surface area contributed by atoms with Gasteiger partial charge in [-0.3, -0.25) is 4.98 Å². The van der Waals surface area contributed by atoms with Crippen LogP contribution in [0.5, 0.6) is 5.75 Å². The molecule has 3 aromatic rings. The van der Waals surface area contributed by atoms with E-state index in [4.69, 9.17) is 10.5 Å². The van der Waals surface area contributed by atoms with Crippen LogP contribution in [0.2, 0.25) is 0 Å². The molecule has 7 heteroatoms. The summed E-state index contributed by atoms with van der Waals surface area (Å²) in [5.41, 5.74) is 6.82. The smallest absolute Gasteiger partial charge is 0.174 e. The van der Waals surface area contributed by atoms with Crippen molar-refractivity contribution in [2.45, 2.75) is 31.8 Å². The number of nitrogens with zero attached hydrogens (tertiary/aromatic N) is 2. The highest BCUT2D eigenvalue weighted by Gasteiger charge is 2.27. The molecule has 28 heavy (non-hydrogen) atoms. The molecule has 1 aliphatic carbocycles. The Kier molecular flexibility index (Phi) is 4.90. The lowest BCUT2D eigenvalue weighted by molar-refractivity contribution is 0.272. The number of ether oxygens (including phenoxy) is 1. The zero-order valence-electron chi connectivity index (χ0n) is 15.0. The minimum Gasteiger partial charge on any atom is -0.485 e. The number of aromatic nitrogens is 2. The fraction of sp³-hybridized carbons (Fsp3) is 0.238.